The lowest BCUT2D eigenvalue weighted by atomic mass is 10.4. The van der Waals surface area contributed by atoms with E-state index in [1.165, 1.54) is 0 Å². The largest absolute Gasteiger partial charge is 0.352 e. The zero-order valence-electron chi connectivity index (χ0n) is 4.68. The van der Waals surface area contributed by atoms with Crippen LogP contribution >= 0.6 is 0 Å². The van der Waals surface area contributed by atoms with E-state index in [1.54, 1.807) is 0 Å². The number of fused-ring (bicyclic) bond motifs is 1. The van der Waals surface area contributed by atoms with Gasteiger partial charge in [-0.25, -0.2) is 0 Å². The quantitative estimate of drug-likeness (QED) is 0.393. The van der Waals surface area contributed by atoms with Crippen LogP contribution in [0.2, 0.25) is 0 Å². The molecule has 3 nitrogen and oxygen atoms in total. The van der Waals surface area contributed by atoms with Crippen molar-refractivity contribution >= 4 is 0 Å². The fraction of sp³-hybridized carbons (Fsp3) is 1.00. The van der Waals surface area contributed by atoms with Gasteiger partial charge in [0.25, 0.3) is 0 Å². The average molecular weight is 114 g/mol. The van der Waals surface area contributed by atoms with Crippen LogP contribution in [0.25, 0.3) is 0 Å². The van der Waals surface area contributed by atoms with E-state index >= 15 is 0 Å². The Morgan fingerprint density at radius 1 is 1.38 bits per heavy atom. The summed E-state index contributed by atoms with van der Waals surface area (Å²) in [5, 5.41) is 6.48. The average Bonchev–Trinajstić information content (AvgIpc) is 2.36. The van der Waals surface area contributed by atoms with E-state index in [0.717, 1.165) is 19.6 Å². The fourth-order valence-corrected chi connectivity index (χ4v) is 1.02. The fourth-order valence-electron chi connectivity index (χ4n) is 1.02. The second-order valence-electron chi connectivity index (χ2n) is 2.25. The first-order chi connectivity index (χ1) is 3.97. The molecule has 0 saturated carbocycles. The lowest BCUT2D eigenvalue weighted by Gasteiger charge is -1.96. The molecular formula is C5H10N2O. The molecule has 0 bridgehead atoms. The summed E-state index contributed by atoms with van der Waals surface area (Å²) < 4.78 is 5.18. The zero-order chi connectivity index (χ0) is 5.40. The van der Waals surface area contributed by atoms with Crippen LogP contribution in [0.5, 0.6) is 0 Å². The molecule has 2 aliphatic rings. The highest BCUT2D eigenvalue weighted by Gasteiger charge is 2.38. The van der Waals surface area contributed by atoms with Crippen molar-refractivity contribution in [3.63, 3.8) is 0 Å². The van der Waals surface area contributed by atoms with E-state index in [4.69, 9.17) is 4.74 Å². The number of epoxide rings is 1. The standard InChI is InChI=1S/C5H10N2O/c1-2-7-5-4(8-5)3-6-1/h4-7H,1-3H2. The first kappa shape index (κ1) is 4.73. The van der Waals surface area contributed by atoms with Crippen LogP contribution in [-0.4, -0.2) is 32.0 Å². The molecule has 2 N–H and O–H groups in total. The minimum Gasteiger partial charge on any atom is -0.352 e. The van der Waals surface area contributed by atoms with Crippen molar-refractivity contribution < 1.29 is 4.74 Å². The molecule has 0 spiro atoms. The smallest absolute Gasteiger partial charge is 0.136 e. The number of hydrogen-bond donors (Lipinski definition) is 2. The maximum atomic E-state index is 5.18. The van der Waals surface area contributed by atoms with Gasteiger partial charge in [-0.15, -0.1) is 0 Å². The Hall–Kier alpha value is -0.120. The molecule has 0 radical (unpaired) electrons. The number of hydrogen-bond acceptors (Lipinski definition) is 3. The van der Waals surface area contributed by atoms with E-state index in [-0.39, 0.29) is 0 Å². The molecule has 2 rings (SSSR count). The normalized spacial score (nSPS) is 45.0. The lowest BCUT2D eigenvalue weighted by Crippen LogP contribution is -2.24. The Labute approximate surface area is 48.4 Å². The predicted molar refractivity (Wildman–Crippen MR) is 29.5 cm³/mol. The summed E-state index contributed by atoms with van der Waals surface area (Å²) in [6, 6.07) is 0. The summed E-state index contributed by atoms with van der Waals surface area (Å²) in [4.78, 5) is 0. The molecule has 0 aromatic carbocycles. The maximum absolute atomic E-state index is 5.18. The highest BCUT2D eigenvalue weighted by molar-refractivity contribution is 4.86. The van der Waals surface area contributed by atoms with Gasteiger partial charge in [0.2, 0.25) is 0 Å². The summed E-state index contributed by atoms with van der Waals surface area (Å²) in [6.07, 6.45) is 0.850. The van der Waals surface area contributed by atoms with Gasteiger partial charge in [0.1, 0.15) is 12.3 Å². The van der Waals surface area contributed by atoms with Crippen LogP contribution in [-0.2, 0) is 4.74 Å². The van der Waals surface area contributed by atoms with Crippen molar-refractivity contribution in [2.75, 3.05) is 19.6 Å². The van der Waals surface area contributed by atoms with Gasteiger partial charge < -0.3 is 10.1 Å². The van der Waals surface area contributed by atoms with Crippen LogP contribution < -0.4 is 10.6 Å². The SMILES string of the molecule is C1CNC2OC2CN1. The summed E-state index contributed by atoms with van der Waals surface area (Å²) in [5.74, 6) is 0. The highest BCUT2D eigenvalue weighted by atomic mass is 16.6. The van der Waals surface area contributed by atoms with Crippen molar-refractivity contribution in [1.82, 2.24) is 10.6 Å². The predicted octanol–water partition coefficient (Wildman–Crippen LogP) is -1.10. The van der Waals surface area contributed by atoms with Gasteiger partial charge in [-0.1, -0.05) is 0 Å². The molecular weight excluding hydrogens is 104 g/mol. The lowest BCUT2D eigenvalue weighted by molar-refractivity contribution is 0.328. The molecule has 3 heteroatoms. The van der Waals surface area contributed by atoms with Gasteiger partial charge in [0.05, 0.1) is 0 Å². The summed E-state index contributed by atoms with van der Waals surface area (Å²) in [7, 11) is 0. The van der Waals surface area contributed by atoms with Gasteiger partial charge in [-0.2, -0.15) is 0 Å². The molecule has 46 valence electrons. The summed E-state index contributed by atoms with van der Waals surface area (Å²) in [6.45, 7) is 3.15. The van der Waals surface area contributed by atoms with Crippen LogP contribution in [0.4, 0.5) is 0 Å². The minimum atomic E-state index is 0.380. The Balaban J connectivity index is 1.89. The monoisotopic (exact) mass is 114 g/mol. The molecule has 2 fully saturated rings. The van der Waals surface area contributed by atoms with E-state index in [0.29, 0.717) is 12.3 Å². The molecule has 8 heavy (non-hydrogen) atoms. The Morgan fingerprint density at radius 3 is 3.38 bits per heavy atom. The Kier molecular flexibility index (Phi) is 0.997. The van der Waals surface area contributed by atoms with E-state index in [9.17, 15) is 0 Å². The topological polar surface area (TPSA) is 36.6 Å². The highest BCUT2D eigenvalue weighted by Crippen LogP contribution is 2.18. The van der Waals surface area contributed by atoms with Gasteiger partial charge in [0.15, 0.2) is 0 Å². The molecule has 0 aromatic heterocycles. The molecule has 0 amide bonds. The van der Waals surface area contributed by atoms with Crippen molar-refractivity contribution in [2.45, 2.75) is 12.3 Å². The van der Waals surface area contributed by atoms with Crippen LogP contribution in [0.3, 0.4) is 0 Å². The Bertz CT molecular complexity index is 86.4. The molecule has 0 aromatic rings. The summed E-state index contributed by atoms with van der Waals surface area (Å²) >= 11 is 0. The second kappa shape index (κ2) is 1.69. The molecule has 2 unspecified atom stereocenters. The molecule has 2 aliphatic heterocycles. The number of ether oxygens (including phenoxy) is 1. The Morgan fingerprint density at radius 2 is 2.38 bits per heavy atom. The zero-order valence-corrected chi connectivity index (χ0v) is 4.68. The van der Waals surface area contributed by atoms with Crippen molar-refractivity contribution in [1.29, 1.82) is 0 Å². The van der Waals surface area contributed by atoms with Crippen LogP contribution in [0, 0.1) is 0 Å². The molecule has 2 saturated heterocycles. The van der Waals surface area contributed by atoms with Crippen molar-refractivity contribution in [2.24, 2.45) is 0 Å². The van der Waals surface area contributed by atoms with Gasteiger partial charge in [-0.3, -0.25) is 5.32 Å². The molecule has 2 atom stereocenters. The first-order valence-electron chi connectivity index (χ1n) is 3.06. The number of nitrogens with one attached hydrogen (secondary N) is 2. The third kappa shape index (κ3) is 0.727. The van der Waals surface area contributed by atoms with Gasteiger partial charge in [-0.05, 0) is 0 Å². The molecule has 2 heterocycles. The third-order valence-electron chi connectivity index (χ3n) is 1.58. The maximum Gasteiger partial charge on any atom is 0.136 e. The second-order valence-corrected chi connectivity index (χ2v) is 2.25. The van der Waals surface area contributed by atoms with Crippen molar-refractivity contribution in [3.05, 3.63) is 0 Å². The van der Waals surface area contributed by atoms with E-state index in [1.807, 2.05) is 0 Å². The summed E-state index contributed by atoms with van der Waals surface area (Å²) in [5.41, 5.74) is 0. The van der Waals surface area contributed by atoms with Crippen LogP contribution in [0.15, 0.2) is 0 Å². The first-order valence-corrected chi connectivity index (χ1v) is 3.06. The minimum absolute atomic E-state index is 0.380. The van der Waals surface area contributed by atoms with Crippen LogP contribution in [0.1, 0.15) is 0 Å². The van der Waals surface area contributed by atoms with E-state index in [2.05, 4.69) is 10.6 Å². The molecule has 0 aliphatic carbocycles. The third-order valence-corrected chi connectivity index (χ3v) is 1.58. The van der Waals surface area contributed by atoms with Gasteiger partial charge in [0, 0.05) is 19.6 Å². The van der Waals surface area contributed by atoms with Gasteiger partial charge >= 0.3 is 0 Å². The van der Waals surface area contributed by atoms with E-state index < -0.39 is 0 Å². The number of rotatable bonds is 0. The van der Waals surface area contributed by atoms with Crippen molar-refractivity contribution in [3.8, 4) is 0 Å².